The number of aryl methyl sites for hydroxylation is 1. The summed E-state index contributed by atoms with van der Waals surface area (Å²) in [7, 11) is 0. The fourth-order valence-corrected chi connectivity index (χ4v) is 2.18. The summed E-state index contributed by atoms with van der Waals surface area (Å²) in [5, 5.41) is 11.3. The van der Waals surface area contributed by atoms with Gasteiger partial charge in [-0.2, -0.15) is 0 Å². The maximum absolute atomic E-state index is 10.3. The molecule has 0 aliphatic carbocycles. The number of furan rings is 1. The average molecular weight is 253 g/mol. The molecule has 3 rings (SSSR count). The first-order valence-electron chi connectivity index (χ1n) is 6.30. The van der Waals surface area contributed by atoms with Crippen LogP contribution in [0, 0.1) is 6.92 Å². The molecule has 3 nitrogen and oxygen atoms in total. The van der Waals surface area contributed by atoms with Crippen LogP contribution in [-0.4, -0.2) is 10.1 Å². The van der Waals surface area contributed by atoms with Crippen molar-refractivity contribution in [3.05, 3.63) is 65.7 Å². The van der Waals surface area contributed by atoms with Crippen LogP contribution in [0.5, 0.6) is 0 Å². The molecule has 0 aliphatic rings. The van der Waals surface area contributed by atoms with Gasteiger partial charge in [0.2, 0.25) is 0 Å². The lowest BCUT2D eigenvalue weighted by molar-refractivity contribution is 0.177. The largest absolute Gasteiger partial charge is 0.464 e. The topological polar surface area (TPSA) is 46.3 Å². The van der Waals surface area contributed by atoms with Crippen LogP contribution in [-0.2, 0) is 6.42 Å². The molecule has 0 saturated heterocycles. The molecule has 0 fully saturated rings. The molecule has 0 bridgehead atoms. The fourth-order valence-electron chi connectivity index (χ4n) is 2.18. The number of aliphatic hydroxyl groups excluding tert-OH is 1. The first-order valence-corrected chi connectivity index (χ1v) is 6.30. The second-order valence-corrected chi connectivity index (χ2v) is 4.73. The Kier molecular flexibility index (Phi) is 3.05. The van der Waals surface area contributed by atoms with E-state index >= 15 is 0 Å². The van der Waals surface area contributed by atoms with Gasteiger partial charge in [-0.25, -0.2) is 0 Å². The van der Waals surface area contributed by atoms with Crippen molar-refractivity contribution in [2.45, 2.75) is 19.4 Å². The van der Waals surface area contributed by atoms with Gasteiger partial charge in [0.15, 0.2) is 0 Å². The summed E-state index contributed by atoms with van der Waals surface area (Å²) in [6, 6.07) is 11.7. The summed E-state index contributed by atoms with van der Waals surface area (Å²) < 4.78 is 5.45. The van der Waals surface area contributed by atoms with E-state index in [1.807, 2.05) is 49.5 Å². The van der Waals surface area contributed by atoms with E-state index in [0.717, 1.165) is 27.8 Å². The SMILES string of the molecule is Cc1ccc(CC(O)c2coc3ccccc23)nc1. The van der Waals surface area contributed by atoms with E-state index in [1.54, 1.807) is 6.26 Å². The molecular weight excluding hydrogens is 238 g/mol. The number of aliphatic hydroxyl groups is 1. The fraction of sp³-hybridized carbons (Fsp3) is 0.188. The second kappa shape index (κ2) is 4.86. The Morgan fingerprint density at radius 3 is 2.84 bits per heavy atom. The van der Waals surface area contributed by atoms with Crippen LogP contribution in [0.15, 0.2) is 53.3 Å². The molecule has 19 heavy (non-hydrogen) atoms. The lowest BCUT2D eigenvalue weighted by Crippen LogP contribution is -2.02. The molecule has 0 amide bonds. The lowest BCUT2D eigenvalue weighted by Gasteiger charge is -2.08. The van der Waals surface area contributed by atoms with E-state index in [-0.39, 0.29) is 0 Å². The van der Waals surface area contributed by atoms with Crippen LogP contribution in [0.3, 0.4) is 0 Å². The molecule has 0 saturated carbocycles. The number of aromatic nitrogens is 1. The molecule has 2 heterocycles. The molecule has 0 aliphatic heterocycles. The Labute approximate surface area is 111 Å². The van der Waals surface area contributed by atoms with Crippen LogP contribution in [0.1, 0.15) is 22.9 Å². The number of hydrogen-bond donors (Lipinski definition) is 1. The highest BCUT2D eigenvalue weighted by Crippen LogP contribution is 2.27. The first-order chi connectivity index (χ1) is 9.24. The quantitative estimate of drug-likeness (QED) is 0.778. The highest BCUT2D eigenvalue weighted by molar-refractivity contribution is 5.81. The number of pyridine rings is 1. The smallest absolute Gasteiger partial charge is 0.134 e. The predicted octanol–water partition coefficient (Wildman–Crippen LogP) is 3.41. The Morgan fingerprint density at radius 1 is 1.21 bits per heavy atom. The van der Waals surface area contributed by atoms with Crippen LogP contribution in [0.2, 0.25) is 0 Å². The van der Waals surface area contributed by atoms with Gasteiger partial charge in [0.1, 0.15) is 5.58 Å². The molecule has 3 heteroatoms. The molecule has 1 atom stereocenters. The van der Waals surface area contributed by atoms with Crippen molar-refractivity contribution in [3.63, 3.8) is 0 Å². The van der Waals surface area contributed by atoms with Crippen molar-refractivity contribution in [2.75, 3.05) is 0 Å². The molecule has 2 aromatic heterocycles. The number of hydrogen-bond acceptors (Lipinski definition) is 3. The van der Waals surface area contributed by atoms with Crippen LogP contribution in [0.4, 0.5) is 0 Å². The van der Waals surface area contributed by atoms with Gasteiger partial charge in [-0.3, -0.25) is 4.98 Å². The zero-order valence-electron chi connectivity index (χ0n) is 10.7. The number of nitrogens with zero attached hydrogens (tertiary/aromatic N) is 1. The number of benzene rings is 1. The van der Waals surface area contributed by atoms with Crippen molar-refractivity contribution in [1.29, 1.82) is 0 Å². The normalized spacial score (nSPS) is 12.7. The van der Waals surface area contributed by atoms with Crippen LogP contribution >= 0.6 is 0 Å². The zero-order chi connectivity index (χ0) is 13.2. The van der Waals surface area contributed by atoms with Crippen LogP contribution < -0.4 is 0 Å². The zero-order valence-corrected chi connectivity index (χ0v) is 10.7. The average Bonchev–Trinajstić information content (AvgIpc) is 2.85. The van der Waals surface area contributed by atoms with E-state index in [1.165, 1.54) is 0 Å². The van der Waals surface area contributed by atoms with E-state index < -0.39 is 6.10 Å². The van der Waals surface area contributed by atoms with Gasteiger partial charge in [0, 0.05) is 29.3 Å². The highest BCUT2D eigenvalue weighted by atomic mass is 16.3. The third-order valence-corrected chi connectivity index (χ3v) is 3.25. The minimum Gasteiger partial charge on any atom is -0.464 e. The van der Waals surface area contributed by atoms with Gasteiger partial charge < -0.3 is 9.52 Å². The van der Waals surface area contributed by atoms with Crippen molar-refractivity contribution in [1.82, 2.24) is 4.98 Å². The predicted molar refractivity (Wildman–Crippen MR) is 73.9 cm³/mol. The number of para-hydroxylation sites is 1. The van der Waals surface area contributed by atoms with Crippen LogP contribution in [0.25, 0.3) is 11.0 Å². The van der Waals surface area contributed by atoms with Gasteiger partial charge in [-0.15, -0.1) is 0 Å². The summed E-state index contributed by atoms with van der Waals surface area (Å²) in [5.41, 5.74) is 3.61. The van der Waals surface area contributed by atoms with Gasteiger partial charge in [0.05, 0.1) is 12.4 Å². The third kappa shape index (κ3) is 2.37. The van der Waals surface area contributed by atoms with Crippen molar-refractivity contribution < 1.29 is 9.52 Å². The minimum atomic E-state index is -0.598. The monoisotopic (exact) mass is 253 g/mol. The Balaban J connectivity index is 1.87. The molecule has 0 spiro atoms. The Bertz CT molecular complexity index is 685. The van der Waals surface area contributed by atoms with Gasteiger partial charge in [-0.05, 0) is 24.6 Å². The van der Waals surface area contributed by atoms with Crippen molar-refractivity contribution in [3.8, 4) is 0 Å². The van der Waals surface area contributed by atoms with Crippen molar-refractivity contribution >= 4 is 11.0 Å². The molecule has 1 N–H and O–H groups in total. The maximum Gasteiger partial charge on any atom is 0.134 e. The highest BCUT2D eigenvalue weighted by Gasteiger charge is 2.15. The van der Waals surface area contributed by atoms with E-state index in [0.29, 0.717) is 6.42 Å². The number of fused-ring (bicyclic) bond motifs is 1. The van der Waals surface area contributed by atoms with E-state index in [2.05, 4.69) is 4.98 Å². The Morgan fingerprint density at radius 2 is 2.05 bits per heavy atom. The van der Waals surface area contributed by atoms with E-state index in [9.17, 15) is 5.11 Å². The summed E-state index contributed by atoms with van der Waals surface area (Å²) in [4.78, 5) is 4.32. The maximum atomic E-state index is 10.3. The molecular formula is C16H15NO2. The van der Waals surface area contributed by atoms with Gasteiger partial charge in [0.25, 0.3) is 0 Å². The standard InChI is InChI=1S/C16H15NO2/c1-11-6-7-12(17-9-11)8-15(18)14-10-19-16-5-3-2-4-13(14)16/h2-7,9-10,15,18H,8H2,1H3. The molecule has 96 valence electrons. The minimum absolute atomic E-state index is 0.490. The first kappa shape index (κ1) is 11.9. The Hall–Kier alpha value is -2.13. The molecule has 3 aromatic rings. The van der Waals surface area contributed by atoms with E-state index in [4.69, 9.17) is 4.42 Å². The molecule has 1 aromatic carbocycles. The third-order valence-electron chi connectivity index (χ3n) is 3.25. The van der Waals surface area contributed by atoms with Gasteiger partial charge >= 0.3 is 0 Å². The van der Waals surface area contributed by atoms with Gasteiger partial charge in [-0.1, -0.05) is 24.3 Å². The molecule has 0 radical (unpaired) electrons. The summed E-state index contributed by atoms with van der Waals surface area (Å²) >= 11 is 0. The molecule has 1 unspecified atom stereocenters. The number of rotatable bonds is 3. The second-order valence-electron chi connectivity index (χ2n) is 4.73. The summed E-state index contributed by atoms with van der Waals surface area (Å²) in [5.74, 6) is 0. The van der Waals surface area contributed by atoms with Crippen molar-refractivity contribution in [2.24, 2.45) is 0 Å². The summed E-state index contributed by atoms with van der Waals surface area (Å²) in [6.07, 6.45) is 3.34. The lowest BCUT2D eigenvalue weighted by atomic mass is 10.0. The summed E-state index contributed by atoms with van der Waals surface area (Å²) in [6.45, 7) is 2.00.